The highest BCUT2D eigenvalue weighted by atomic mass is 16.5. The van der Waals surface area contributed by atoms with Crippen molar-refractivity contribution in [2.45, 2.75) is 19.4 Å². The van der Waals surface area contributed by atoms with Crippen molar-refractivity contribution in [3.05, 3.63) is 59.2 Å². The predicted octanol–water partition coefficient (Wildman–Crippen LogP) is 2.45. The van der Waals surface area contributed by atoms with Crippen LogP contribution in [0.2, 0.25) is 0 Å². The molecule has 2 aromatic carbocycles. The maximum absolute atomic E-state index is 12.5. The quantitative estimate of drug-likeness (QED) is 0.816. The van der Waals surface area contributed by atoms with E-state index in [-0.39, 0.29) is 29.7 Å². The zero-order valence-electron chi connectivity index (χ0n) is 14.9. The Bertz CT molecular complexity index is 894. The Kier molecular flexibility index (Phi) is 5.40. The van der Waals surface area contributed by atoms with Gasteiger partial charge in [0, 0.05) is 30.8 Å². The number of hydrogen-bond acceptors (Lipinski definition) is 4. The smallest absolute Gasteiger partial charge is 0.339 e. The summed E-state index contributed by atoms with van der Waals surface area (Å²) < 4.78 is 5.03. The van der Waals surface area contributed by atoms with Gasteiger partial charge in [-0.3, -0.25) is 9.59 Å². The molecule has 2 aromatic rings. The van der Waals surface area contributed by atoms with Crippen LogP contribution in [-0.4, -0.2) is 36.5 Å². The van der Waals surface area contributed by atoms with E-state index in [1.54, 1.807) is 35.2 Å². The third-order valence-electron chi connectivity index (χ3n) is 4.44. The molecular formula is C20H20N2O5. The van der Waals surface area contributed by atoms with Gasteiger partial charge in [-0.1, -0.05) is 12.1 Å². The van der Waals surface area contributed by atoms with Crippen LogP contribution in [0.15, 0.2) is 42.5 Å². The molecule has 0 bridgehead atoms. The second-order valence-electron chi connectivity index (χ2n) is 6.22. The monoisotopic (exact) mass is 368 g/mol. The number of aromatic carboxylic acids is 1. The Morgan fingerprint density at radius 2 is 2.04 bits per heavy atom. The molecule has 1 saturated heterocycles. The van der Waals surface area contributed by atoms with E-state index >= 15 is 0 Å². The fourth-order valence-electron chi connectivity index (χ4n) is 3.05. The Balaban J connectivity index is 1.70. The molecule has 0 aromatic heterocycles. The average molecular weight is 368 g/mol. The van der Waals surface area contributed by atoms with Gasteiger partial charge < -0.3 is 20.1 Å². The standard InChI is InChI=1S/C20H20N2O5/c1-27-17-8-7-13(10-16(17)20(25)26)12-21-19(24)14-4-2-5-15(11-14)22-9-3-6-18(22)23/h2,4-5,7-8,10-11H,3,6,9,12H2,1H3,(H,21,24)(H,25,26). The van der Waals surface area contributed by atoms with Gasteiger partial charge in [0.15, 0.2) is 0 Å². The molecule has 7 nitrogen and oxygen atoms in total. The van der Waals surface area contributed by atoms with Gasteiger partial charge in [-0.25, -0.2) is 4.79 Å². The van der Waals surface area contributed by atoms with Crippen molar-refractivity contribution in [1.82, 2.24) is 5.32 Å². The van der Waals surface area contributed by atoms with E-state index in [2.05, 4.69) is 5.32 Å². The molecule has 0 aliphatic carbocycles. The highest BCUT2D eigenvalue weighted by Gasteiger charge is 2.22. The van der Waals surface area contributed by atoms with Crippen LogP contribution in [0.5, 0.6) is 5.75 Å². The minimum absolute atomic E-state index is 0.0405. The minimum Gasteiger partial charge on any atom is -0.496 e. The maximum atomic E-state index is 12.5. The van der Waals surface area contributed by atoms with Crippen LogP contribution in [0.3, 0.4) is 0 Å². The van der Waals surface area contributed by atoms with Crippen molar-refractivity contribution in [3.8, 4) is 5.75 Å². The van der Waals surface area contributed by atoms with Crippen molar-refractivity contribution in [2.75, 3.05) is 18.6 Å². The lowest BCUT2D eigenvalue weighted by Crippen LogP contribution is -2.26. The lowest BCUT2D eigenvalue weighted by atomic mass is 10.1. The van der Waals surface area contributed by atoms with Gasteiger partial charge in [-0.05, 0) is 42.3 Å². The summed E-state index contributed by atoms with van der Waals surface area (Å²) in [6.07, 6.45) is 1.35. The molecule has 0 saturated carbocycles. The highest BCUT2D eigenvalue weighted by Crippen LogP contribution is 2.23. The average Bonchev–Trinajstić information content (AvgIpc) is 3.11. The number of carbonyl (C=O) groups excluding carboxylic acids is 2. The molecule has 0 radical (unpaired) electrons. The predicted molar refractivity (Wildman–Crippen MR) is 99.2 cm³/mol. The first-order valence-corrected chi connectivity index (χ1v) is 8.58. The summed E-state index contributed by atoms with van der Waals surface area (Å²) in [6.45, 7) is 0.837. The molecule has 1 fully saturated rings. The summed E-state index contributed by atoms with van der Waals surface area (Å²) in [5.74, 6) is -1.06. The first-order chi connectivity index (χ1) is 13.0. The molecule has 7 heteroatoms. The molecule has 0 atom stereocenters. The van der Waals surface area contributed by atoms with Crippen molar-refractivity contribution < 1.29 is 24.2 Å². The van der Waals surface area contributed by atoms with Crippen molar-refractivity contribution in [1.29, 1.82) is 0 Å². The van der Waals surface area contributed by atoms with Gasteiger partial charge in [0.25, 0.3) is 5.91 Å². The lowest BCUT2D eigenvalue weighted by molar-refractivity contribution is -0.117. The highest BCUT2D eigenvalue weighted by molar-refractivity contribution is 5.99. The fourth-order valence-corrected chi connectivity index (χ4v) is 3.05. The fraction of sp³-hybridized carbons (Fsp3) is 0.250. The summed E-state index contributed by atoms with van der Waals surface area (Å²) in [5, 5.41) is 12.0. The molecule has 140 valence electrons. The second kappa shape index (κ2) is 7.90. The zero-order chi connectivity index (χ0) is 19.4. The largest absolute Gasteiger partial charge is 0.496 e. The Hall–Kier alpha value is -3.35. The summed E-state index contributed by atoms with van der Waals surface area (Å²) in [7, 11) is 1.40. The number of nitrogens with zero attached hydrogens (tertiary/aromatic N) is 1. The Morgan fingerprint density at radius 1 is 1.22 bits per heavy atom. The number of ether oxygens (including phenoxy) is 1. The van der Waals surface area contributed by atoms with E-state index in [1.165, 1.54) is 13.2 Å². The third-order valence-corrected chi connectivity index (χ3v) is 4.44. The number of hydrogen-bond donors (Lipinski definition) is 2. The number of carboxylic acid groups (broad SMARTS) is 1. The van der Waals surface area contributed by atoms with Crippen molar-refractivity contribution in [2.24, 2.45) is 0 Å². The second-order valence-corrected chi connectivity index (χ2v) is 6.22. The number of anilines is 1. The molecule has 2 amide bonds. The maximum Gasteiger partial charge on any atom is 0.339 e. The first-order valence-electron chi connectivity index (χ1n) is 8.58. The molecule has 2 N–H and O–H groups in total. The van der Waals surface area contributed by atoms with Crippen molar-refractivity contribution in [3.63, 3.8) is 0 Å². The number of carboxylic acids is 1. The minimum atomic E-state index is -1.09. The topological polar surface area (TPSA) is 95.9 Å². The summed E-state index contributed by atoms with van der Waals surface area (Å²) in [5.41, 5.74) is 1.84. The zero-order valence-corrected chi connectivity index (χ0v) is 14.9. The molecule has 1 aliphatic heterocycles. The van der Waals surface area contributed by atoms with Gasteiger partial charge in [0.1, 0.15) is 11.3 Å². The van der Waals surface area contributed by atoms with Crippen molar-refractivity contribution >= 4 is 23.5 Å². The summed E-state index contributed by atoms with van der Waals surface area (Å²) in [6, 6.07) is 11.6. The SMILES string of the molecule is COc1ccc(CNC(=O)c2cccc(N3CCCC3=O)c2)cc1C(=O)O. The molecule has 1 heterocycles. The molecule has 0 spiro atoms. The number of amides is 2. The van der Waals surface area contributed by atoms with Gasteiger partial charge in [0.2, 0.25) is 5.91 Å². The van der Waals surface area contributed by atoms with E-state index < -0.39 is 5.97 Å². The van der Waals surface area contributed by atoms with Crippen LogP contribution >= 0.6 is 0 Å². The van der Waals surface area contributed by atoms with Crippen LogP contribution in [0.4, 0.5) is 5.69 Å². The molecule has 3 rings (SSSR count). The van der Waals surface area contributed by atoms with Gasteiger partial charge in [-0.15, -0.1) is 0 Å². The number of benzene rings is 2. The number of rotatable bonds is 6. The van der Waals surface area contributed by atoms with E-state index in [9.17, 15) is 19.5 Å². The molecule has 0 unspecified atom stereocenters. The first kappa shape index (κ1) is 18.4. The van der Waals surface area contributed by atoms with E-state index in [0.29, 0.717) is 29.8 Å². The third kappa shape index (κ3) is 4.08. The van der Waals surface area contributed by atoms with E-state index in [0.717, 1.165) is 6.42 Å². The van der Waals surface area contributed by atoms with Gasteiger partial charge in [-0.2, -0.15) is 0 Å². The van der Waals surface area contributed by atoms with E-state index in [4.69, 9.17) is 4.74 Å². The van der Waals surface area contributed by atoms with Gasteiger partial charge >= 0.3 is 5.97 Å². The van der Waals surface area contributed by atoms with Crippen LogP contribution < -0.4 is 15.0 Å². The number of carbonyl (C=O) groups is 3. The molecular weight excluding hydrogens is 348 g/mol. The van der Waals surface area contributed by atoms with E-state index in [1.807, 2.05) is 6.07 Å². The number of nitrogens with one attached hydrogen (secondary N) is 1. The van der Waals surface area contributed by atoms with Crippen LogP contribution in [0.1, 0.15) is 39.1 Å². The molecule has 1 aliphatic rings. The Labute approximate surface area is 156 Å². The van der Waals surface area contributed by atoms with Gasteiger partial charge in [0.05, 0.1) is 7.11 Å². The Morgan fingerprint density at radius 3 is 2.70 bits per heavy atom. The van der Waals surface area contributed by atoms with Crippen LogP contribution in [-0.2, 0) is 11.3 Å². The lowest BCUT2D eigenvalue weighted by Gasteiger charge is -2.16. The summed E-state index contributed by atoms with van der Waals surface area (Å²) in [4.78, 5) is 37.3. The summed E-state index contributed by atoms with van der Waals surface area (Å²) >= 11 is 0. The van der Waals surface area contributed by atoms with Crippen LogP contribution in [0, 0.1) is 0 Å². The normalized spacial score (nSPS) is 13.5. The molecule has 27 heavy (non-hydrogen) atoms. The van der Waals surface area contributed by atoms with Crippen LogP contribution in [0.25, 0.3) is 0 Å². The number of methoxy groups -OCH3 is 1.